The number of imide groups is 1. The van der Waals surface area contributed by atoms with E-state index in [2.05, 4.69) is 49.7 Å². The van der Waals surface area contributed by atoms with Gasteiger partial charge in [-0.15, -0.1) is 0 Å². The largest absolute Gasteiger partial charge is 0.310 e. The van der Waals surface area contributed by atoms with Crippen molar-refractivity contribution in [3.05, 3.63) is 11.6 Å². The summed E-state index contributed by atoms with van der Waals surface area (Å²) >= 11 is 0. The molecule has 2 amide bonds. The van der Waals surface area contributed by atoms with Crippen LogP contribution in [0.2, 0.25) is 0 Å². The number of nitrogens with one attached hydrogen (secondary N) is 3. The lowest BCUT2D eigenvalue weighted by atomic mass is 10.0. The lowest BCUT2D eigenvalue weighted by molar-refractivity contribution is -0.134. The van der Waals surface area contributed by atoms with E-state index in [-0.39, 0.29) is 17.9 Å². The van der Waals surface area contributed by atoms with Gasteiger partial charge in [0.2, 0.25) is 11.8 Å². The summed E-state index contributed by atoms with van der Waals surface area (Å²) in [4.78, 5) is 22.8. The zero-order valence-electron chi connectivity index (χ0n) is 13.7. The van der Waals surface area contributed by atoms with Crippen molar-refractivity contribution in [2.45, 2.75) is 59.0 Å². The second-order valence-electron chi connectivity index (χ2n) is 6.12. The molecule has 1 saturated heterocycles. The Morgan fingerprint density at radius 1 is 1.43 bits per heavy atom. The van der Waals surface area contributed by atoms with Crippen LogP contribution in [0.25, 0.3) is 0 Å². The maximum atomic E-state index is 11.7. The third-order valence-electron chi connectivity index (χ3n) is 3.68. The molecule has 21 heavy (non-hydrogen) atoms. The molecule has 1 aliphatic rings. The zero-order chi connectivity index (χ0) is 15.8. The van der Waals surface area contributed by atoms with Crippen molar-refractivity contribution in [1.82, 2.24) is 16.0 Å². The molecule has 0 saturated carbocycles. The summed E-state index contributed by atoms with van der Waals surface area (Å²) in [5, 5.41) is 9.12. The molecule has 2 atom stereocenters. The first-order valence-corrected chi connectivity index (χ1v) is 7.91. The summed E-state index contributed by atoms with van der Waals surface area (Å²) in [5.74, 6) is 0.152. The van der Waals surface area contributed by atoms with Gasteiger partial charge >= 0.3 is 0 Å². The lowest BCUT2D eigenvalue weighted by Crippen LogP contribution is -2.51. The summed E-state index contributed by atoms with van der Waals surface area (Å²) in [6.45, 7) is 10.3. The van der Waals surface area contributed by atoms with Crippen molar-refractivity contribution in [2.75, 3.05) is 13.1 Å². The highest BCUT2D eigenvalue weighted by atomic mass is 16.2. The van der Waals surface area contributed by atoms with Crippen LogP contribution in [0.3, 0.4) is 0 Å². The Morgan fingerprint density at radius 3 is 2.71 bits per heavy atom. The first-order chi connectivity index (χ1) is 9.93. The van der Waals surface area contributed by atoms with Gasteiger partial charge in [0.25, 0.3) is 0 Å². The van der Waals surface area contributed by atoms with Crippen molar-refractivity contribution < 1.29 is 9.59 Å². The third kappa shape index (κ3) is 6.40. The molecule has 1 aliphatic heterocycles. The topological polar surface area (TPSA) is 70.2 Å². The van der Waals surface area contributed by atoms with Gasteiger partial charge in [0.15, 0.2) is 0 Å². The molecule has 0 aliphatic carbocycles. The van der Waals surface area contributed by atoms with E-state index in [9.17, 15) is 9.59 Å². The van der Waals surface area contributed by atoms with Crippen molar-refractivity contribution in [3.8, 4) is 0 Å². The predicted molar refractivity (Wildman–Crippen MR) is 84.9 cm³/mol. The number of hydrogen-bond donors (Lipinski definition) is 3. The van der Waals surface area contributed by atoms with Gasteiger partial charge in [-0.1, -0.05) is 32.4 Å². The molecule has 1 heterocycles. The molecular weight excluding hydrogens is 266 g/mol. The number of piperidine rings is 1. The van der Waals surface area contributed by atoms with E-state index in [0.29, 0.717) is 31.3 Å². The molecule has 1 rings (SSSR count). The normalized spacial score (nSPS) is 21.6. The van der Waals surface area contributed by atoms with Gasteiger partial charge in [-0.05, 0) is 32.2 Å². The Balaban J connectivity index is 2.46. The minimum absolute atomic E-state index is 0.172. The van der Waals surface area contributed by atoms with E-state index in [1.807, 2.05) is 0 Å². The molecule has 3 N–H and O–H groups in total. The quantitative estimate of drug-likeness (QED) is 0.467. The summed E-state index contributed by atoms with van der Waals surface area (Å²) in [6.07, 6.45) is 4.35. The van der Waals surface area contributed by atoms with Crippen LogP contribution in [0.15, 0.2) is 11.6 Å². The molecule has 0 aromatic rings. The molecule has 5 heteroatoms. The lowest BCUT2D eigenvalue weighted by Gasteiger charge is -2.23. The number of carbonyl (C=O) groups is 2. The highest BCUT2D eigenvalue weighted by Gasteiger charge is 2.25. The molecule has 0 spiro atoms. The Bertz CT molecular complexity index is 391. The molecule has 1 fully saturated rings. The van der Waals surface area contributed by atoms with Gasteiger partial charge in [-0.3, -0.25) is 14.9 Å². The van der Waals surface area contributed by atoms with Crippen molar-refractivity contribution in [1.29, 1.82) is 0 Å². The minimum atomic E-state index is -0.257. The van der Waals surface area contributed by atoms with Crippen LogP contribution in [-0.4, -0.2) is 37.0 Å². The fourth-order valence-electron chi connectivity index (χ4n) is 2.34. The molecular formula is C16H29N3O2. The Morgan fingerprint density at radius 2 is 2.14 bits per heavy atom. The minimum Gasteiger partial charge on any atom is -0.310 e. The second kappa shape index (κ2) is 8.95. The number of hydrogen-bond acceptors (Lipinski definition) is 4. The summed E-state index contributed by atoms with van der Waals surface area (Å²) in [7, 11) is 0. The van der Waals surface area contributed by atoms with E-state index in [1.165, 1.54) is 5.57 Å². The monoisotopic (exact) mass is 295 g/mol. The Kier molecular flexibility index (Phi) is 7.61. The van der Waals surface area contributed by atoms with Gasteiger partial charge < -0.3 is 10.6 Å². The maximum Gasteiger partial charge on any atom is 0.243 e. The van der Waals surface area contributed by atoms with Crippen molar-refractivity contribution in [2.24, 2.45) is 5.92 Å². The molecule has 5 nitrogen and oxygen atoms in total. The SMILES string of the molecule is CCCNC(/C=C(\C)CNC1CCC(=O)NC1=O)C(C)C. The summed E-state index contributed by atoms with van der Waals surface area (Å²) < 4.78 is 0. The van der Waals surface area contributed by atoms with Gasteiger partial charge in [-0.25, -0.2) is 0 Å². The van der Waals surface area contributed by atoms with Gasteiger partial charge in [0, 0.05) is 19.0 Å². The Hall–Kier alpha value is -1.20. The fourth-order valence-corrected chi connectivity index (χ4v) is 2.34. The average molecular weight is 295 g/mol. The highest BCUT2D eigenvalue weighted by molar-refractivity contribution is 6.00. The molecule has 0 aromatic carbocycles. The molecule has 0 bridgehead atoms. The van der Waals surface area contributed by atoms with E-state index in [0.717, 1.165) is 13.0 Å². The first kappa shape index (κ1) is 17.9. The van der Waals surface area contributed by atoms with E-state index in [1.54, 1.807) is 0 Å². The maximum absolute atomic E-state index is 11.7. The van der Waals surface area contributed by atoms with Crippen molar-refractivity contribution >= 4 is 11.8 Å². The fraction of sp³-hybridized carbons (Fsp3) is 0.750. The van der Waals surface area contributed by atoms with Crippen LogP contribution in [0, 0.1) is 5.92 Å². The number of carbonyl (C=O) groups excluding carboxylic acids is 2. The van der Waals surface area contributed by atoms with Crippen LogP contribution < -0.4 is 16.0 Å². The number of rotatable bonds is 8. The van der Waals surface area contributed by atoms with Crippen LogP contribution in [0.4, 0.5) is 0 Å². The summed E-state index contributed by atoms with van der Waals surface area (Å²) in [5.41, 5.74) is 1.21. The molecule has 0 radical (unpaired) electrons. The molecule has 2 unspecified atom stereocenters. The van der Waals surface area contributed by atoms with Crippen LogP contribution in [-0.2, 0) is 9.59 Å². The van der Waals surface area contributed by atoms with Gasteiger partial charge in [0.1, 0.15) is 0 Å². The third-order valence-corrected chi connectivity index (χ3v) is 3.68. The van der Waals surface area contributed by atoms with Gasteiger partial charge in [-0.2, -0.15) is 0 Å². The van der Waals surface area contributed by atoms with E-state index < -0.39 is 0 Å². The zero-order valence-corrected chi connectivity index (χ0v) is 13.7. The molecule has 0 aromatic heterocycles. The summed E-state index contributed by atoms with van der Waals surface area (Å²) in [6, 6.07) is 0.0978. The average Bonchev–Trinajstić information content (AvgIpc) is 2.42. The van der Waals surface area contributed by atoms with E-state index >= 15 is 0 Å². The van der Waals surface area contributed by atoms with E-state index in [4.69, 9.17) is 0 Å². The number of amides is 2. The smallest absolute Gasteiger partial charge is 0.243 e. The Labute approximate surface area is 127 Å². The van der Waals surface area contributed by atoms with Crippen LogP contribution in [0.1, 0.15) is 47.0 Å². The first-order valence-electron chi connectivity index (χ1n) is 7.91. The standard InChI is InChI=1S/C16H29N3O2/c1-5-8-17-14(11(2)3)9-12(4)10-18-13-6-7-15(20)19-16(13)21/h9,11,13-14,17-18H,5-8,10H2,1-4H3,(H,19,20,21)/b12-9+. The van der Waals surface area contributed by atoms with Gasteiger partial charge in [0.05, 0.1) is 6.04 Å². The van der Waals surface area contributed by atoms with Crippen molar-refractivity contribution in [3.63, 3.8) is 0 Å². The predicted octanol–water partition coefficient (Wildman–Crippen LogP) is 1.35. The second-order valence-corrected chi connectivity index (χ2v) is 6.12. The molecule has 120 valence electrons. The highest BCUT2D eigenvalue weighted by Crippen LogP contribution is 2.08. The van der Waals surface area contributed by atoms with Crippen LogP contribution in [0.5, 0.6) is 0 Å². The van der Waals surface area contributed by atoms with Crippen LogP contribution >= 0.6 is 0 Å².